The SMILES string of the molecule is Cc1ccc(N(CC(O)CN2CCCCC2)S(=O)(=O)c2ccc(C)cc2)cc1.Cl. The van der Waals surface area contributed by atoms with Crippen LogP contribution >= 0.6 is 12.4 Å². The highest BCUT2D eigenvalue weighted by Crippen LogP contribution is 2.25. The highest BCUT2D eigenvalue weighted by molar-refractivity contribution is 7.92. The molecule has 2 aromatic carbocycles. The Kier molecular flexibility index (Phi) is 8.52. The highest BCUT2D eigenvalue weighted by Gasteiger charge is 2.28. The summed E-state index contributed by atoms with van der Waals surface area (Å²) in [4.78, 5) is 2.46. The maximum absolute atomic E-state index is 13.4. The third-order valence-electron chi connectivity index (χ3n) is 5.23. The lowest BCUT2D eigenvalue weighted by Crippen LogP contribution is -2.44. The second kappa shape index (κ2) is 10.4. The number of aliphatic hydroxyl groups is 1. The maximum atomic E-state index is 13.4. The van der Waals surface area contributed by atoms with Gasteiger partial charge in [-0.1, -0.05) is 41.8 Å². The summed E-state index contributed by atoms with van der Waals surface area (Å²) in [6.07, 6.45) is 2.75. The highest BCUT2D eigenvalue weighted by atomic mass is 35.5. The largest absolute Gasteiger partial charge is 0.390 e. The van der Waals surface area contributed by atoms with Gasteiger partial charge in [-0.05, 0) is 64.0 Å². The van der Waals surface area contributed by atoms with E-state index in [9.17, 15) is 13.5 Å². The van der Waals surface area contributed by atoms with Gasteiger partial charge in [-0.2, -0.15) is 0 Å². The minimum Gasteiger partial charge on any atom is -0.390 e. The molecule has 1 aliphatic rings. The normalized spacial score (nSPS) is 16.1. The fraction of sp³-hybridized carbons (Fsp3) is 0.455. The summed E-state index contributed by atoms with van der Waals surface area (Å²) >= 11 is 0. The number of aliphatic hydroxyl groups excluding tert-OH is 1. The molecule has 160 valence electrons. The number of halogens is 1. The number of anilines is 1. The maximum Gasteiger partial charge on any atom is 0.264 e. The Hall–Kier alpha value is -1.60. The number of benzene rings is 2. The van der Waals surface area contributed by atoms with Crippen LogP contribution in [0.25, 0.3) is 0 Å². The molecule has 2 aromatic rings. The van der Waals surface area contributed by atoms with E-state index in [1.165, 1.54) is 10.7 Å². The Balaban J connectivity index is 0.00000300. The van der Waals surface area contributed by atoms with Crippen LogP contribution in [0.2, 0.25) is 0 Å². The van der Waals surface area contributed by atoms with Crippen molar-refractivity contribution in [3.63, 3.8) is 0 Å². The van der Waals surface area contributed by atoms with Crippen molar-refractivity contribution in [1.82, 2.24) is 4.90 Å². The number of nitrogens with zero attached hydrogens (tertiary/aromatic N) is 2. The Bertz CT molecular complexity index is 864. The van der Waals surface area contributed by atoms with Crippen LogP contribution in [0.3, 0.4) is 0 Å². The quantitative estimate of drug-likeness (QED) is 0.714. The molecule has 3 rings (SSSR count). The number of likely N-dealkylation sites (tertiary alicyclic amines) is 1. The van der Waals surface area contributed by atoms with E-state index in [1.807, 2.05) is 26.0 Å². The standard InChI is InChI=1S/C22H30N2O3S.ClH/c1-18-6-10-20(11-7-18)24(17-21(25)16-23-14-4-3-5-15-23)28(26,27)22-12-8-19(2)9-13-22;/h6-13,21,25H,3-5,14-17H2,1-2H3;1H. The first-order valence-corrected chi connectivity index (χ1v) is 11.4. The van der Waals surface area contributed by atoms with Gasteiger partial charge in [0, 0.05) is 6.54 Å². The fourth-order valence-electron chi connectivity index (χ4n) is 3.58. The summed E-state index contributed by atoms with van der Waals surface area (Å²) in [5.74, 6) is 0. The lowest BCUT2D eigenvalue weighted by atomic mass is 10.1. The first kappa shape index (κ1) is 23.7. The summed E-state index contributed by atoms with van der Waals surface area (Å²) in [7, 11) is -3.76. The molecule has 7 heteroatoms. The third kappa shape index (κ3) is 6.19. The summed E-state index contributed by atoms with van der Waals surface area (Å²) in [5.41, 5.74) is 2.64. The molecule has 0 saturated carbocycles. The number of sulfonamides is 1. The van der Waals surface area contributed by atoms with Gasteiger partial charge < -0.3 is 10.0 Å². The molecule has 1 heterocycles. The zero-order chi connectivity index (χ0) is 20.1. The summed E-state index contributed by atoms with van der Waals surface area (Å²) in [5, 5.41) is 10.7. The van der Waals surface area contributed by atoms with Crippen LogP contribution in [0.5, 0.6) is 0 Å². The zero-order valence-electron chi connectivity index (χ0n) is 17.1. The topological polar surface area (TPSA) is 60.9 Å². The number of piperidine rings is 1. The van der Waals surface area contributed by atoms with Gasteiger partial charge >= 0.3 is 0 Å². The predicted octanol–water partition coefficient (Wildman–Crippen LogP) is 3.77. The molecule has 1 unspecified atom stereocenters. The van der Waals surface area contributed by atoms with Crippen molar-refractivity contribution < 1.29 is 13.5 Å². The molecule has 29 heavy (non-hydrogen) atoms. The van der Waals surface area contributed by atoms with Gasteiger partial charge in [0.15, 0.2) is 0 Å². The van der Waals surface area contributed by atoms with Gasteiger partial charge in [0.1, 0.15) is 0 Å². The molecule has 0 radical (unpaired) electrons. The Morgan fingerprint density at radius 2 is 1.45 bits per heavy atom. The van der Waals surface area contributed by atoms with Gasteiger partial charge in [0.2, 0.25) is 0 Å². The lowest BCUT2D eigenvalue weighted by molar-refractivity contribution is 0.107. The van der Waals surface area contributed by atoms with Crippen LogP contribution < -0.4 is 4.31 Å². The molecule has 0 aliphatic carbocycles. The predicted molar refractivity (Wildman–Crippen MR) is 120 cm³/mol. The number of aryl methyl sites for hydroxylation is 2. The molecule has 5 nitrogen and oxygen atoms in total. The Morgan fingerprint density at radius 3 is 2.00 bits per heavy atom. The second-order valence-electron chi connectivity index (χ2n) is 7.70. The van der Waals surface area contributed by atoms with E-state index in [0.717, 1.165) is 37.1 Å². The van der Waals surface area contributed by atoms with E-state index in [1.54, 1.807) is 36.4 Å². The molecule has 1 N–H and O–H groups in total. The summed E-state index contributed by atoms with van der Waals surface area (Å²) < 4.78 is 28.1. The van der Waals surface area contributed by atoms with Crippen molar-refractivity contribution in [3.05, 3.63) is 59.7 Å². The van der Waals surface area contributed by atoms with Crippen molar-refractivity contribution in [2.45, 2.75) is 44.1 Å². The molecule has 0 bridgehead atoms. The smallest absolute Gasteiger partial charge is 0.264 e. The Morgan fingerprint density at radius 1 is 0.931 bits per heavy atom. The molecule has 0 spiro atoms. The first-order chi connectivity index (χ1) is 13.4. The van der Waals surface area contributed by atoms with Crippen LogP contribution in [0.15, 0.2) is 53.4 Å². The average molecular weight is 439 g/mol. The first-order valence-electron chi connectivity index (χ1n) is 9.93. The number of hydrogen-bond acceptors (Lipinski definition) is 4. The molecule has 1 saturated heterocycles. The van der Waals surface area contributed by atoms with Crippen molar-refractivity contribution in [1.29, 1.82) is 0 Å². The van der Waals surface area contributed by atoms with E-state index in [2.05, 4.69) is 4.90 Å². The van der Waals surface area contributed by atoms with Crippen LogP contribution in [0.4, 0.5) is 5.69 Å². The minimum atomic E-state index is -3.76. The van der Waals surface area contributed by atoms with Gasteiger partial charge in [0.05, 0.1) is 23.2 Å². The summed E-state index contributed by atoms with van der Waals surface area (Å²) in [6, 6.07) is 14.2. The molecule has 1 aliphatic heterocycles. The number of β-amino-alcohol motifs (C(OH)–C–C–N with tert-alkyl or cyclic N) is 1. The Labute approximate surface area is 180 Å². The van der Waals surface area contributed by atoms with Crippen molar-refractivity contribution in [2.24, 2.45) is 0 Å². The van der Waals surface area contributed by atoms with E-state index in [-0.39, 0.29) is 23.8 Å². The van der Waals surface area contributed by atoms with Crippen molar-refractivity contribution in [3.8, 4) is 0 Å². The second-order valence-corrected chi connectivity index (χ2v) is 9.56. The van der Waals surface area contributed by atoms with Crippen LogP contribution in [-0.2, 0) is 10.0 Å². The van der Waals surface area contributed by atoms with Crippen molar-refractivity contribution in [2.75, 3.05) is 30.5 Å². The van der Waals surface area contributed by atoms with Gasteiger partial charge in [-0.25, -0.2) is 8.42 Å². The van der Waals surface area contributed by atoms with Crippen LogP contribution in [0, 0.1) is 13.8 Å². The molecule has 1 atom stereocenters. The number of hydrogen-bond donors (Lipinski definition) is 1. The molecular weight excluding hydrogens is 408 g/mol. The lowest BCUT2D eigenvalue weighted by Gasteiger charge is -2.31. The van der Waals surface area contributed by atoms with Crippen molar-refractivity contribution >= 4 is 28.1 Å². The van der Waals surface area contributed by atoms with E-state index in [0.29, 0.717) is 12.2 Å². The van der Waals surface area contributed by atoms with Gasteiger partial charge in [-0.3, -0.25) is 4.31 Å². The monoisotopic (exact) mass is 438 g/mol. The number of rotatable bonds is 7. The van der Waals surface area contributed by atoms with Gasteiger partial charge in [0.25, 0.3) is 10.0 Å². The van der Waals surface area contributed by atoms with E-state index in [4.69, 9.17) is 0 Å². The van der Waals surface area contributed by atoms with Gasteiger partial charge in [-0.15, -0.1) is 12.4 Å². The molecule has 1 fully saturated rings. The zero-order valence-corrected chi connectivity index (χ0v) is 18.8. The van der Waals surface area contributed by atoms with E-state index < -0.39 is 16.1 Å². The minimum absolute atomic E-state index is 0. The van der Waals surface area contributed by atoms with Crippen LogP contribution in [-0.4, -0.2) is 50.7 Å². The summed E-state index contributed by atoms with van der Waals surface area (Å²) in [6.45, 7) is 6.35. The van der Waals surface area contributed by atoms with Crippen LogP contribution in [0.1, 0.15) is 30.4 Å². The molecular formula is C22H31ClN2O3S. The average Bonchev–Trinajstić information content (AvgIpc) is 2.68. The molecule has 0 aromatic heterocycles. The third-order valence-corrected chi connectivity index (χ3v) is 7.03. The fourth-order valence-corrected chi connectivity index (χ4v) is 5.08. The van der Waals surface area contributed by atoms with E-state index >= 15 is 0 Å². The molecule has 0 amide bonds.